The van der Waals surface area contributed by atoms with Gasteiger partial charge >= 0.3 is 6.09 Å². The van der Waals surface area contributed by atoms with Gasteiger partial charge in [-0.1, -0.05) is 70.6 Å². The second-order valence-corrected chi connectivity index (χ2v) is 13.1. The number of benzene rings is 1. The number of hydrogen-bond acceptors (Lipinski definition) is 14. The van der Waals surface area contributed by atoms with E-state index in [1.165, 1.54) is 76.7 Å². The number of amides is 2. The van der Waals surface area contributed by atoms with Gasteiger partial charge < -0.3 is 44.4 Å². The van der Waals surface area contributed by atoms with Gasteiger partial charge in [0, 0.05) is 32.1 Å². The Morgan fingerprint density at radius 1 is 0.564 bits per heavy atom. The Morgan fingerprint density at radius 2 is 1.04 bits per heavy atom. The lowest BCUT2D eigenvalue weighted by atomic mass is 10.0. The Kier molecular flexibility index (Phi) is 32.9. The topological polar surface area (TPSA) is 212 Å². The molecule has 0 bridgehead atoms. The second-order valence-electron chi connectivity index (χ2n) is 12.7. The maximum absolute atomic E-state index is 12.0. The minimum Gasteiger partial charge on any atom is -0.447 e. The molecular weight excluding hydrogens is 738 g/mol. The van der Waals surface area contributed by atoms with Crippen LogP contribution in [0.4, 0.5) is 21.9 Å². The summed E-state index contributed by atoms with van der Waals surface area (Å²) in [4.78, 5) is 44.3. The molecule has 0 saturated carbocycles. The first-order valence-electron chi connectivity index (χ1n) is 19.7. The summed E-state index contributed by atoms with van der Waals surface area (Å²) in [6.07, 6.45) is 16.4. The van der Waals surface area contributed by atoms with E-state index >= 15 is 0 Å². The lowest BCUT2D eigenvalue weighted by molar-refractivity contribution is -0.393. The van der Waals surface area contributed by atoms with E-state index in [9.17, 15) is 29.8 Å². The van der Waals surface area contributed by atoms with E-state index < -0.39 is 27.3 Å². The zero-order valence-electron chi connectivity index (χ0n) is 32.5. The zero-order chi connectivity index (χ0) is 40.0. The first-order chi connectivity index (χ1) is 26.8. The fourth-order valence-corrected chi connectivity index (χ4v) is 5.44. The fourth-order valence-electron chi connectivity index (χ4n) is 5.21. The molecule has 0 atom stereocenters. The van der Waals surface area contributed by atoms with E-state index in [-0.39, 0.29) is 37.9 Å². The number of nitrogens with one attached hydrogen (secondary N) is 3. The number of non-ortho nitro benzene ring substituents is 1. The van der Waals surface area contributed by atoms with Crippen molar-refractivity contribution in [1.29, 1.82) is 0 Å². The number of unbranched alkanes of at least 4 members (excludes halogenated alkanes) is 12. The summed E-state index contributed by atoms with van der Waals surface area (Å²) in [7, 11) is 0. The molecule has 0 aliphatic rings. The predicted molar refractivity (Wildman–Crippen MR) is 213 cm³/mol. The molecule has 55 heavy (non-hydrogen) atoms. The molecule has 18 heteroatoms. The van der Waals surface area contributed by atoms with Crippen molar-refractivity contribution in [2.75, 3.05) is 103 Å². The summed E-state index contributed by atoms with van der Waals surface area (Å²) < 4.78 is 32.2. The van der Waals surface area contributed by atoms with Crippen LogP contribution < -0.4 is 16.0 Å². The third kappa shape index (κ3) is 30.6. The Morgan fingerprint density at radius 3 is 1.53 bits per heavy atom. The Hall–Kier alpha value is -3.29. The van der Waals surface area contributed by atoms with Crippen LogP contribution in [0, 0.1) is 20.2 Å². The minimum absolute atomic E-state index is 0.0242. The highest BCUT2D eigenvalue weighted by molar-refractivity contribution is 7.80. The van der Waals surface area contributed by atoms with E-state index in [4.69, 9.17) is 28.4 Å². The normalized spacial score (nSPS) is 11.0. The number of hydrogen-bond donors (Lipinski definition) is 4. The number of thiol groups is 1. The summed E-state index contributed by atoms with van der Waals surface area (Å²) >= 11 is 4.25. The van der Waals surface area contributed by atoms with E-state index in [2.05, 4.69) is 28.6 Å². The average Bonchev–Trinajstić information content (AvgIpc) is 3.17. The molecule has 1 rings (SSSR count). The van der Waals surface area contributed by atoms with Crippen LogP contribution in [0.15, 0.2) is 18.2 Å². The van der Waals surface area contributed by atoms with Crippen LogP contribution in [0.5, 0.6) is 0 Å². The predicted octanol–water partition coefficient (Wildman–Crippen LogP) is 6.23. The molecule has 1 aromatic carbocycles. The third-order valence-electron chi connectivity index (χ3n) is 8.18. The number of rotatable bonds is 39. The molecule has 1 aromatic rings. The quantitative estimate of drug-likeness (QED) is 0.0252. The van der Waals surface area contributed by atoms with Crippen LogP contribution >= 0.6 is 12.6 Å². The third-order valence-corrected chi connectivity index (χ3v) is 8.49. The molecule has 2 amide bonds. The van der Waals surface area contributed by atoms with Crippen molar-refractivity contribution in [3.63, 3.8) is 0 Å². The Balaban J connectivity index is 1.77. The van der Waals surface area contributed by atoms with E-state index in [1.54, 1.807) is 0 Å². The van der Waals surface area contributed by atoms with Crippen molar-refractivity contribution in [3.8, 4) is 0 Å². The lowest BCUT2D eigenvalue weighted by Gasteiger charge is -2.10. The molecule has 0 heterocycles. The van der Waals surface area contributed by atoms with Gasteiger partial charge in [-0.3, -0.25) is 25.0 Å². The molecule has 0 aliphatic heterocycles. The summed E-state index contributed by atoms with van der Waals surface area (Å²) in [5.74, 6) is 1.10. The number of carbonyl (C=O) groups excluding carboxylic acids is 2. The monoisotopic (exact) mass is 803 g/mol. The Labute approximate surface area is 331 Å². The smallest absolute Gasteiger partial charge is 0.407 e. The summed E-state index contributed by atoms with van der Waals surface area (Å²) in [5, 5.41) is 30.1. The maximum atomic E-state index is 12.0. The van der Waals surface area contributed by atoms with Gasteiger partial charge in [0.2, 0.25) is 5.91 Å². The van der Waals surface area contributed by atoms with Gasteiger partial charge in [0.25, 0.3) is 11.4 Å². The largest absolute Gasteiger partial charge is 0.447 e. The summed E-state index contributed by atoms with van der Waals surface area (Å²) in [6.45, 7) is 4.62. The maximum Gasteiger partial charge on any atom is 0.407 e. The van der Waals surface area contributed by atoms with Crippen molar-refractivity contribution in [2.24, 2.45) is 0 Å². The van der Waals surface area contributed by atoms with Gasteiger partial charge in [-0.25, -0.2) is 4.79 Å². The van der Waals surface area contributed by atoms with E-state index in [0.717, 1.165) is 30.7 Å². The minimum atomic E-state index is -0.723. The molecule has 0 unspecified atom stereocenters. The number of nitro groups is 2. The first kappa shape index (κ1) is 49.7. The Bertz CT molecular complexity index is 1150. The van der Waals surface area contributed by atoms with E-state index in [0.29, 0.717) is 72.4 Å². The second kappa shape index (κ2) is 36.4. The van der Waals surface area contributed by atoms with Crippen LogP contribution in [0.3, 0.4) is 0 Å². The molecule has 0 aromatic heterocycles. The van der Waals surface area contributed by atoms with Crippen LogP contribution in [0.1, 0.15) is 89.9 Å². The molecular formula is C37H65N5O12S. The van der Waals surface area contributed by atoms with Gasteiger partial charge in [-0.15, -0.1) is 0 Å². The highest BCUT2D eigenvalue weighted by Crippen LogP contribution is 2.28. The van der Waals surface area contributed by atoms with E-state index in [1.807, 2.05) is 0 Å². The molecule has 0 saturated heterocycles. The number of anilines is 1. The average molecular weight is 804 g/mol. The van der Waals surface area contributed by atoms with Crippen molar-refractivity contribution >= 4 is 41.7 Å². The van der Waals surface area contributed by atoms with Gasteiger partial charge in [-0.05, 0) is 24.7 Å². The summed E-state index contributed by atoms with van der Waals surface area (Å²) in [5.41, 5.74) is -0.733. The SMILES string of the molecule is O=C(CCCCCCCCCCCCCCCS)NCCOCCOCCOCCOCCOCCOC(=O)NCCNc1ccc([N+](=O)[O-])cc1[N+](=O)[O-]. The van der Waals surface area contributed by atoms with Crippen molar-refractivity contribution < 1.29 is 47.9 Å². The van der Waals surface area contributed by atoms with Crippen molar-refractivity contribution in [1.82, 2.24) is 10.6 Å². The number of nitro benzene ring substituents is 2. The molecule has 0 fully saturated rings. The molecule has 0 radical (unpaired) electrons. The highest BCUT2D eigenvalue weighted by Gasteiger charge is 2.19. The van der Waals surface area contributed by atoms with Gasteiger partial charge in [0.1, 0.15) is 12.3 Å². The lowest BCUT2D eigenvalue weighted by Crippen LogP contribution is -2.30. The number of carbonyl (C=O) groups is 2. The standard InChI is InChI=1S/C37H65N5O12S/c43-36(14-12-10-8-6-4-2-1-3-5-7-9-11-13-31-55)39-19-20-49-21-22-50-23-24-51-25-26-52-27-28-53-29-30-54-37(44)40-18-17-38-34-16-15-33(41(45)46)32-35(34)42(47)48/h15-16,32,38,55H,1-14,17-31H2,(H,39,43)(H,40,44). The molecule has 316 valence electrons. The zero-order valence-corrected chi connectivity index (χ0v) is 33.4. The van der Waals surface area contributed by atoms with Crippen LogP contribution in [0.2, 0.25) is 0 Å². The van der Waals surface area contributed by atoms with Crippen LogP contribution in [-0.2, 0) is 33.2 Å². The molecule has 0 spiro atoms. The number of ether oxygens (including phenoxy) is 6. The van der Waals surface area contributed by atoms with Crippen molar-refractivity contribution in [3.05, 3.63) is 38.4 Å². The van der Waals surface area contributed by atoms with Gasteiger partial charge in [0.05, 0.1) is 82.0 Å². The highest BCUT2D eigenvalue weighted by atomic mass is 32.1. The van der Waals surface area contributed by atoms with Crippen LogP contribution in [-0.4, -0.2) is 120 Å². The van der Waals surface area contributed by atoms with Crippen LogP contribution in [0.25, 0.3) is 0 Å². The number of nitrogens with zero attached hydrogens (tertiary/aromatic N) is 2. The molecule has 0 aliphatic carbocycles. The van der Waals surface area contributed by atoms with Gasteiger partial charge in [-0.2, -0.15) is 12.6 Å². The first-order valence-corrected chi connectivity index (χ1v) is 20.3. The van der Waals surface area contributed by atoms with Crippen molar-refractivity contribution in [2.45, 2.75) is 89.9 Å². The van der Waals surface area contributed by atoms with Gasteiger partial charge in [0.15, 0.2) is 0 Å². The summed E-state index contributed by atoms with van der Waals surface area (Å²) in [6, 6.07) is 3.26. The fraction of sp³-hybridized carbons (Fsp3) is 0.784. The molecule has 3 N–H and O–H groups in total. The molecule has 17 nitrogen and oxygen atoms in total. The number of alkyl carbamates (subject to hydrolysis) is 1.